The van der Waals surface area contributed by atoms with Gasteiger partial charge in [-0.15, -0.1) is 34.0 Å². The highest BCUT2D eigenvalue weighted by Crippen LogP contribution is 2.24. The van der Waals surface area contributed by atoms with Gasteiger partial charge >= 0.3 is 0 Å². The van der Waals surface area contributed by atoms with Crippen LogP contribution in [0.5, 0.6) is 0 Å². The van der Waals surface area contributed by atoms with Crippen molar-refractivity contribution in [3.05, 3.63) is 36.5 Å². The molecule has 0 bridgehead atoms. The molecule has 0 radical (unpaired) electrons. The van der Waals surface area contributed by atoms with Gasteiger partial charge in [-0.1, -0.05) is 24.3 Å². The Balaban J connectivity index is 0.00000120. The molecule has 112 valence electrons. The molecular weight excluding hydrogens is 386 g/mol. The summed E-state index contributed by atoms with van der Waals surface area (Å²) in [4.78, 5) is 9.32. The van der Waals surface area contributed by atoms with E-state index in [0.29, 0.717) is 0 Å². The van der Waals surface area contributed by atoms with Crippen LogP contribution in [0, 0.1) is 0 Å². The average molecular weight is 407 g/mol. The standard InChI is InChI=1S/C14H17N3.2BrH.H2O/c1-16-8-10-17(11-9-16)14-13-5-3-2-4-12(13)6-7-15-14;;;/h2-7H,8-11H2,1H3;2*1H;1H2. The van der Waals surface area contributed by atoms with Crippen LogP contribution in [0.25, 0.3) is 10.8 Å². The van der Waals surface area contributed by atoms with E-state index in [-0.39, 0.29) is 39.4 Å². The largest absolute Gasteiger partial charge is 0.412 e. The van der Waals surface area contributed by atoms with Gasteiger partial charge < -0.3 is 15.3 Å². The Kier molecular flexibility index (Phi) is 8.27. The highest BCUT2D eigenvalue weighted by molar-refractivity contribution is 8.93. The maximum atomic E-state index is 4.56. The Morgan fingerprint density at radius 1 is 0.950 bits per heavy atom. The third-order valence-corrected chi connectivity index (χ3v) is 3.46. The number of rotatable bonds is 1. The maximum Gasteiger partial charge on any atom is 0.136 e. The summed E-state index contributed by atoms with van der Waals surface area (Å²) in [6.07, 6.45) is 1.91. The van der Waals surface area contributed by atoms with Crippen LogP contribution in [-0.4, -0.2) is 48.6 Å². The zero-order valence-corrected chi connectivity index (χ0v) is 14.9. The zero-order chi connectivity index (χ0) is 11.7. The van der Waals surface area contributed by atoms with Crippen LogP contribution in [0.2, 0.25) is 0 Å². The summed E-state index contributed by atoms with van der Waals surface area (Å²) in [7, 11) is 2.17. The molecule has 4 nitrogen and oxygen atoms in total. The second-order valence-electron chi connectivity index (χ2n) is 4.65. The molecule has 0 unspecified atom stereocenters. The minimum Gasteiger partial charge on any atom is -0.412 e. The molecule has 0 amide bonds. The van der Waals surface area contributed by atoms with Gasteiger partial charge in [0.2, 0.25) is 0 Å². The molecule has 1 aromatic carbocycles. The molecule has 2 N–H and O–H groups in total. The summed E-state index contributed by atoms with van der Waals surface area (Å²) in [5, 5.41) is 2.54. The first kappa shape index (κ1) is 19.3. The van der Waals surface area contributed by atoms with Gasteiger partial charge in [0.25, 0.3) is 0 Å². The van der Waals surface area contributed by atoms with E-state index in [1.165, 1.54) is 10.8 Å². The van der Waals surface area contributed by atoms with E-state index in [0.717, 1.165) is 32.0 Å². The van der Waals surface area contributed by atoms with E-state index >= 15 is 0 Å². The molecule has 20 heavy (non-hydrogen) atoms. The Morgan fingerprint density at radius 2 is 1.60 bits per heavy atom. The smallest absolute Gasteiger partial charge is 0.136 e. The van der Waals surface area contributed by atoms with Crippen molar-refractivity contribution in [1.29, 1.82) is 0 Å². The third kappa shape index (κ3) is 3.91. The summed E-state index contributed by atoms with van der Waals surface area (Å²) in [6, 6.07) is 10.6. The molecule has 1 aliphatic rings. The summed E-state index contributed by atoms with van der Waals surface area (Å²) < 4.78 is 0. The second kappa shape index (κ2) is 8.56. The Hall–Kier alpha value is -0.690. The molecule has 1 aromatic heterocycles. The van der Waals surface area contributed by atoms with Crippen molar-refractivity contribution in [3.63, 3.8) is 0 Å². The van der Waals surface area contributed by atoms with Gasteiger partial charge in [0.15, 0.2) is 0 Å². The van der Waals surface area contributed by atoms with E-state index in [1.807, 2.05) is 6.20 Å². The van der Waals surface area contributed by atoms with Crippen LogP contribution in [0.4, 0.5) is 5.82 Å². The van der Waals surface area contributed by atoms with Crippen LogP contribution < -0.4 is 4.90 Å². The normalized spacial score (nSPS) is 14.9. The molecule has 0 saturated carbocycles. The number of hydrogen-bond donors (Lipinski definition) is 0. The fraction of sp³-hybridized carbons (Fsp3) is 0.357. The molecule has 2 heterocycles. The molecule has 2 aromatic rings. The summed E-state index contributed by atoms with van der Waals surface area (Å²) in [5.41, 5.74) is 0. The molecule has 3 rings (SSSR count). The van der Waals surface area contributed by atoms with Gasteiger partial charge in [-0.3, -0.25) is 0 Å². The number of anilines is 1. The van der Waals surface area contributed by atoms with Gasteiger partial charge in [-0.05, 0) is 18.5 Å². The lowest BCUT2D eigenvalue weighted by Gasteiger charge is -2.33. The molecule has 0 spiro atoms. The van der Waals surface area contributed by atoms with Crippen LogP contribution in [-0.2, 0) is 0 Å². The van der Waals surface area contributed by atoms with E-state index in [1.54, 1.807) is 0 Å². The molecule has 0 aliphatic carbocycles. The lowest BCUT2D eigenvalue weighted by Crippen LogP contribution is -2.44. The predicted molar refractivity (Wildman–Crippen MR) is 95.7 cm³/mol. The number of benzene rings is 1. The van der Waals surface area contributed by atoms with Gasteiger partial charge in [0.1, 0.15) is 5.82 Å². The molecule has 1 aliphatic heterocycles. The third-order valence-electron chi connectivity index (χ3n) is 3.46. The number of fused-ring (bicyclic) bond motifs is 1. The van der Waals surface area contributed by atoms with Gasteiger partial charge in [-0.25, -0.2) is 4.98 Å². The van der Waals surface area contributed by atoms with Crippen molar-refractivity contribution in [2.24, 2.45) is 0 Å². The van der Waals surface area contributed by atoms with Crippen molar-refractivity contribution in [3.8, 4) is 0 Å². The van der Waals surface area contributed by atoms with Crippen molar-refractivity contribution in [2.75, 3.05) is 38.1 Å². The van der Waals surface area contributed by atoms with Crippen molar-refractivity contribution in [1.82, 2.24) is 9.88 Å². The molecule has 0 atom stereocenters. The zero-order valence-electron chi connectivity index (χ0n) is 11.5. The fourth-order valence-corrected chi connectivity index (χ4v) is 2.37. The number of likely N-dealkylation sites (N-methyl/N-ethyl adjacent to an activating group) is 1. The van der Waals surface area contributed by atoms with E-state index in [9.17, 15) is 0 Å². The van der Waals surface area contributed by atoms with Gasteiger partial charge in [0, 0.05) is 37.8 Å². The Labute approximate surface area is 140 Å². The summed E-state index contributed by atoms with van der Waals surface area (Å²) in [6.45, 7) is 4.37. The monoisotopic (exact) mass is 405 g/mol. The minimum absolute atomic E-state index is 0. The Bertz CT molecular complexity index is 525. The lowest BCUT2D eigenvalue weighted by atomic mass is 10.1. The topological polar surface area (TPSA) is 50.9 Å². The number of halogens is 2. The summed E-state index contributed by atoms with van der Waals surface area (Å²) >= 11 is 0. The molecular formula is C14H21Br2N3O. The van der Waals surface area contributed by atoms with Crippen LogP contribution in [0.3, 0.4) is 0 Å². The SMILES string of the molecule is Br.Br.CN1CCN(c2nccc3ccccc23)CC1.O. The number of nitrogens with zero attached hydrogens (tertiary/aromatic N) is 3. The second-order valence-corrected chi connectivity index (χ2v) is 4.65. The number of piperazine rings is 1. The van der Waals surface area contributed by atoms with Crippen molar-refractivity contribution >= 4 is 50.6 Å². The van der Waals surface area contributed by atoms with Crippen molar-refractivity contribution < 1.29 is 5.48 Å². The van der Waals surface area contributed by atoms with Crippen LogP contribution in [0.15, 0.2) is 36.5 Å². The average Bonchev–Trinajstić information content (AvgIpc) is 2.39. The van der Waals surface area contributed by atoms with Crippen LogP contribution >= 0.6 is 34.0 Å². The van der Waals surface area contributed by atoms with Gasteiger partial charge in [0.05, 0.1) is 0 Å². The van der Waals surface area contributed by atoms with Crippen LogP contribution in [0.1, 0.15) is 0 Å². The predicted octanol–water partition coefficient (Wildman–Crippen LogP) is 2.32. The lowest BCUT2D eigenvalue weighted by molar-refractivity contribution is 0.312. The van der Waals surface area contributed by atoms with Gasteiger partial charge in [-0.2, -0.15) is 0 Å². The molecule has 1 saturated heterocycles. The molecule has 6 heteroatoms. The van der Waals surface area contributed by atoms with E-state index in [2.05, 4.69) is 52.2 Å². The molecule has 1 fully saturated rings. The summed E-state index contributed by atoms with van der Waals surface area (Å²) in [5.74, 6) is 1.14. The first-order valence-electron chi connectivity index (χ1n) is 6.12. The van der Waals surface area contributed by atoms with E-state index in [4.69, 9.17) is 0 Å². The minimum atomic E-state index is 0. The van der Waals surface area contributed by atoms with E-state index < -0.39 is 0 Å². The highest BCUT2D eigenvalue weighted by Gasteiger charge is 2.16. The first-order chi connectivity index (χ1) is 8.34. The van der Waals surface area contributed by atoms with Crippen molar-refractivity contribution in [2.45, 2.75) is 0 Å². The number of aromatic nitrogens is 1. The fourth-order valence-electron chi connectivity index (χ4n) is 2.37. The highest BCUT2D eigenvalue weighted by atomic mass is 79.9. The first-order valence-corrected chi connectivity index (χ1v) is 6.12. The maximum absolute atomic E-state index is 4.56. The quantitative estimate of drug-likeness (QED) is 0.730. The number of pyridine rings is 1. The Morgan fingerprint density at radius 3 is 2.30 bits per heavy atom. The number of hydrogen-bond acceptors (Lipinski definition) is 3.